The van der Waals surface area contributed by atoms with Crippen LogP contribution in [0.15, 0.2) is 18.2 Å². The van der Waals surface area contributed by atoms with Crippen LogP contribution in [0.3, 0.4) is 0 Å². The molecule has 0 aliphatic carbocycles. The first-order valence-electron chi connectivity index (χ1n) is 6.27. The summed E-state index contributed by atoms with van der Waals surface area (Å²) in [7, 11) is 0. The van der Waals surface area contributed by atoms with Crippen molar-refractivity contribution >= 4 is 0 Å². The molecule has 1 heteroatoms. The van der Waals surface area contributed by atoms with Crippen LogP contribution in [0, 0.1) is 12.8 Å². The van der Waals surface area contributed by atoms with Gasteiger partial charge in [-0.1, -0.05) is 45.9 Å². The van der Waals surface area contributed by atoms with E-state index >= 15 is 0 Å². The average Bonchev–Trinajstić information content (AvgIpc) is 2.20. The fourth-order valence-electron chi connectivity index (χ4n) is 2.18. The zero-order chi connectivity index (χ0) is 12.3. The molecule has 0 amide bonds. The van der Waals surface area contributed by atoms with Crippen LogP contribution in [0.5, 0.6) is 0 Å². The van der Waals surface area contributed by atoms with Crippen molar-refractivity contribution in [2.45, 2.75) is 46.5 Å². The van der Waals surface area contributed by atoms with E-state index in [-0.39, 0.29) is 0 Å². The van der Waals surface area contributed by atoms with Gasteiger partial charge in [-0.05, 0) is 47.9 Å². The van der Waals surface area contributed by atoms with Crippen LogP contribution in [0.1, 0.15) is 56.2 Å². The number of nitrogens with two attached hydrogens (primary N) is 1. The molecule has 0 fully saturated rings. The first-order chi connectivity index (χ1) is 7.47. The second-order valence-electron chi connectivity index (χ2n) is 5.36. The SMILES string of the molecule is Cc1ccc(C(C)C)cc1C(CN)C(C)C. The summed E-state index contributed by atoms with van der Waals surface area (Å²) in [5.74, 6) is 1.68. The molecule has 1 unspecified atom stereocenters. The average molecular weight is 219 g/mol. The second kappa shape index (κ2) is 5.49. The number of hydrogen-bond donors (Lipinski definition) is 1. The smallest absolute Gasteiger partial charge is 0.000567 e. The molecule has 2 N–H and O–H groups in total. The lowest BCUT2D eigenvalue weighted by Gasteiger charge is -2.23. The van der Waals surface area contributed by atoms with E-state index in [1.807, 2.05) is 0 Å². The van der Waals surface area contributed by atoms with E-state index in [0.29, 0.717) is 17.8 Å². The highest BCUT2D eigenvalue weighted by atomic mass is 14.6. The van der Waals surface area contributed by atoms with Crippen LogP contribution in [0.2, 0.25) is 0 Å². The molecule has 0 saturated carbocycles. The maximum absolute atomic E-state index is 5.90. The molecule has 0 aliphatic rings. The van der Waals surface area contributed by atoms with Gasteiger partial charge >= 0.3 is 0 Å². The lowest BCUT2D eigenvalue weighted by molar-refractivity contribution is 0.504. The van der Waals surface area contributed by atoms with Crippen molar-refractivity contribution < 1.29 is 0 Å². The molecule has 0 radical (unpaired) electrons. The van der Waals surface area contributed by atoms with Crippen LogP contribution in [-0.2, 0) is 0 Å². The molecule has 0 bridgehead atoms. The highest BCUT2D eigenvalue weighted by Crippen LogP contribution is 2.29. The van der Waals surface area contributed by atoms with Gasteiger partial charge in [-0.15, -0.1) is 0 Å². The third-order valence-corrected chi connectivity index (χ3v) is 3.43. The number of rotatable bonds is 4. The van der Waals surface area contributed by atoms with Gasteiger partial charge in [-0.25, -0.2) is 0 Å². The zero-order valence-corrected chi connectivity index (χ0v) is 11.2. The first kappa shape index (κ1) is 13.2. The van der Waals surface area contributed by atoms with Gasteiger partial charge in [0.1, 0.15) is 0 Å². The van der Waals surface area contributed by atoms with E-state index in [1.54, 1.807) is 0 Å². The molecule has 1 aromatic carbocycles. The molecule has 1 atom stereocenters. The van der Waals surface area contributed by atoms with Crippen LogP contribution in [0.25, 0.3) is 0 Å². The van der Waals surface area contributed by atoms with E-state index in [9.17, 15) is 0 Å². The second-order valence-corrected chi connectivity index (χ2v) is 5.36. The maximum Gasteiger partial charge on any atom is -0.000567 e. The largest absolute Gasteiger partial charge is 0.330 e. The topological polar surface area (TPSA) is 26.0 Å². The zero-order valence-electron chi connectivity index (χ0n) is 11.2. The molecule has 0 aromatic heterocycles. The van der Waals surface area contributed by atoms with Gasteiger partial charge in [-0.3, -0.25) is 0 Å². The summed E-state index contributed by atoms with van der Waals surface area (Å²) in [6.07, 6.45) is 0. The third kappa shape index (κ3) is 2.85. The molecule has 0 aliphatic heterocycles. The summed E-state index contributed by atoms with van der Waals surface area (Å²) in [4.78, 5) is 0. The summed E-state index contributed by atoms with van der Waals surface area (Å²) >= 11 is 0. The third-order valence-electron chi connectivity index (χ3n) is 3.43. The highest BCUT2D eigenvalue weighted by Gasteiger charge is 2.16. The van der Waals surface area contributed by atoms with Gasteiger partial charge in [0.05, 0.1) is 0 Å². The van der Waals surface area contributed by atoms with E-state index in [1.165, 1.54) is 16.7 Å². The molecule has 1 nitrogen and oxygen atoms in total. The number of benzene rings is 1. The molecule has 0 saturated heterocycles. The van der Waals surface area contributed by atoms with Gasteiger partial charge in [0.25, 0.3) is 0 Å². The van der Waals surface area contributed by atoms with Crippen LogP contribution < -0.4 is 5.73 Å². The fourth-order valence-corrected chi connectivity index (χ4v) is 2.18. The molecule has 1 aromatic rings. The molecule has 90 valence electrons. The predicted molar refractivity (Wildman–Crippen MR) is 71.9 cm³/mol. The van der Waals surface area contributed by atoms with Crippen molar-refractivity contribution in [2.24, 2.45) is 11.7 Å². The van der Waals surface area contributed by atoms with E-state index in [4.69, 9.17) is 5.73 Å². The Balaban J connectivity index is 3.14. The fraction of sp³-hybridized carbons (Fsp3) is 0.600. The molecule has 0 spiro atoms. The summed E-state index contributed by atoms with van der Waals surface area (Å²) in [6, 6.07) is 6.81. The van der Waals surface area contributed by atoms with Gasteiger partial charge in [-0.2, -0.15) is 0 Å². The monoisotopic (exact) mass is 219 g/mol. The molecule has 1 rings (SSSR count). The normalized spacial score (nSPS) is 13.5. The van der Waals surface area contributed by atoms with Gasteiger partial charge in [0.2, 0.25) is 0 Å². The Hall–Kier alpha value is -0.820. The van der Waals surface area contributed by atoms with E-state index in [0.717, 1.165) is 6.54 Å². The summed E-state index contributed by atoms with van der Waals surface area (Å²) in [5.41, 5.74) is 10.1. The van der Waals surface area contributed by atoms with E-state index < -0.39 is 0 Å². The quantitative estimate of drug-likeness (QED) is 0.818. The number of hydrogen-bond acceptors (Lipinski definition) is 1. The summed E-state index contributed by atoms with van der Waals surface area (Å²) in [6.45, 7) is 11.9. The molecule has 16 heavy (non-hydrogen) atoms. The lowest BCUT2D eigenvalue weighted by atomic mass is 9.84. The van der Waals surface area contributed by atoms with Crippen LogP contribution in [-0.4, -0.2) is 6.54 Å². The molecular weight excluding hydrogens is 194 g/mol. The van der Waals surface area contributed by atoms with Gasteiger partial charge < -0.3 is 5.73 Å². The molecular formula is C15H25N. The number of aryl methyl sites for hydroxylation is 1. The van der Waals surface area contributed by atoms with E-state index in [2.05, 4.69) is 52.8 Å². The Kier molecular flexibility index (Phi) is 4.55. The van der Waals surface area contributed by atoms with Crippen molar-refractivity contribution in [1.29, 1.82) is 0 Å². The van der Waals surface area contributed by atoms with Crippen molar-refractivity contribution in [3.63, 3.8) is 0 Å². The van der Waals surface area contributed by atoms with Crippen molar-refractivity contribution in [2.75, 3.05) is 6.54 Å². The Labute approximate surface area is 100 Å². The minimum atomic E-state index is 0.485. The lowest BCUT2D eigenvalue weighted by Crippen LogP contribution is -2.19. The standard InChI is InChI=1S/C15H25N/c1-10(2)13-7-6-12(5)14(8-13)15(9-16)11(3)4/h6-8,10-11,15H,9,16H2,1-5H3. The highest BCUT2D eigenvalue weighted by molar-refractivity contribution is 5.35. The minimum absolute atomic E-state index is 0.485. The molecule has 0 heterocycles. The Morgan fingerprint density at radius 2 is 1.75 bits per heavy atom. The first-order valence-corrected chi connectivity index (χ1v) is 6.27. The predicted octanol–water partition coefficient (Wildman–Crippen LogP) is 3.82. The minimum Gasteiger partial charge on any atom is -0.330 e. The van der Waals surface area contributed by atoms with Crippen LogP contribution in [0.4, 0.5) is 0 Å². The van der Waals surface area contributed by atoms with Crippen molar-refractivity contribution in [1.82, 2.24) is 0 Å². The Bertz CT molecular complexity index is 339. The summed E-state index contributed by atoms with van der Waals surface area (Å²) in [5, 5.41) is 0. The Morgan fingerprint density at radius 1 is 1.12 bits per heavy atom. The maximum atomic E-state index is 5.90. The summed E-state index contributed by atoms with van der Waals surface area (Å²) < 4.78 is 0. The van der Waals surface area contributed by atoms with Crippen molar-refractivity contribution in [3.05, 3.63) is 34.9 Å². The van der Waals surface area contributed by atoms with Crippen molar-refractivity contribution in [3.8, 4) is 0 Å². The van der Waals surface area contributed by atoms with Crippen LogP contribution >= 0.6 is 0 Å². The Morgan fingerprint density at radius 3 is 2.19 bits per heavy atom. The van der Waals surface area contributed by atoms with Gasteiger partial charge in [0, 0.05) is 0 Å². The van der Waals surface area contributed by atoms with Gasteiger partial charge in [0.15, 0.2) is 0 Å².